The number of hydrogen-bond donors (Lipinski definition) is 4. The number of unbranched alkanes of at least 4 members (excludes halogenated alkanes) is 2. The Bertz CT molecular complexity index is 1290. The molecule has 33 heavy (non-hydrogen) atoms. The first-order valence-electron chi connectivity index (χ1n) is 10.5. The number of hydrogen-bond acceptors (Lipinski definition) is 7. The summed E-state index contributed by atoms with van der Waals surface area (Å²) < 4.78 is 5.71. The number of rotatable bonds is 6. The summed E-state index contributed by atoms with van der Waals surface area (Å²) in [5, 5.41) is 21.2. The molecular formula is C25H23ClN2O5. The van der Waals surface area contributed by atoms with Gasteiger partial charge in [-0.05, 0) is 36.2 Å². The van der Waals surface area contributed by atoms with Crippen LogP contribution in [0.3, 0.4) is 0 Å². The van der Waals surface area contributed by atoms with Crippen LogP contribution in [0.2, 0.25) is 5.02 Å². The van der Waals surface area contributed by atoms with Crippen LogP contribution >= 0.6 is 11.6 Å². The maximum atomic E-state index is 13.3. The predicted octanol–water partition coefficient (Wildman–Crippen LogP) is 4.93. The van der Waals surface area contributed by atoms with Gasteiger partial charge in [-0.1, -0.05) is 43.5 Å². The molecule has 8 heteroatoms. The number of ether oxygens (including phenoxy) is 1. The topological polar surface area (TPSA) is 136 Å². The van der Waals surface area contributed by atoms with Crippen molar-refractivity contribution in [3.63, 3.8) is 0 Å². The van der Waals surface area contributed by atoms with Crippen molar-refractivity contribution < 1.29 is 24.5 Å². The molecule has 0 aromatic heterocycles. The molecule has 1 aliphatic rings. The van der Waals surface area contributed by atoms with Gasteiger partial charge in [0.05, 0.1) is 33.9 Å². The highest BCUT2D eigenvalue weighted by molar-refractivity contribution is 6.38. The van der Waals surface area contributed by atoms with Crippen molar-refractivity contribution >= 4 is 34.5 Å². The van der Waals surface area contributed by atoms with Crippen molar-refractivity contribution in [2.75, 3.05) is 18.1 Å². The minimum Gasteiger partial charge on any atom is -0.506 e. The van der Waals surface area contributed by atoms with Crippen LogP contribution in [-0.4, -0.2) is 28.4 Å². The molecule has 0 fully saturated rings. The summed E-state index contributed by atoms with van der Waals surface area (Å²) in [6, 6.07) is 9.60. The molecular weight excluding hydrogens is 444 g/mol. The molecule has 1 aliphatic carbocycles. The molecule has 3 aromatic carbocycles. The Hall–Kier alpha value is -3.71. The number of aromatic hydroxyl groups is 2. The van der Waals surface area contributed by atoms with E-state index >= 15 is 0 Å². The molecule has 3 aromatic rings. The lowest BCUT2D eigenvalue weighted by Gasteiger charge is -2.23. The standard InChI is InChI=1S/C25H23ClN2O5/c1-2-3-4-9-33-13-7-5-12(6-8-13)14-10-16(27)18-20(22(14)29)24(31)19-17(28)11-15(26)23(30)21(19)25(18)32/h5-8,10-11,29-30H,2-4,9,27-28H2,1H3. The second-order valence-corrected chi connectivity index (χ2v) is 8.30. The van der Waals surface area contributed by atoms with Crippen molar-refractivity contribution in [1.82, 2.24) is 0 Å². The Labute approximate surface area is 195 Å². The fourth-order valence-corrected chi connectivity index (χ4v) is 4.24. The van der Waals surface area contributed by atoms with Gasteiger partial charge in [-0.15, -0.1) is 0 Å². The Morgan fingerprint density at radius 2 is 1.42 bits per heavy atom. The monoisotopic (exact) mass is 466 g/mol. The van der Waals surface area contributed by atoms with Gasteiger partial charge in [-0.2, -0.15) is 0 Å². The number of nitrogen functional groups attached to an aromatic ring is 2. The van der Waals surface area contributed by atoms with Crippen molar-refractivity contribution in [1.29, 1.82) is 0 Å². The minimum atomic E-state index is -0.735. The predicted molar refractivity (Wildman–Crippen MR) is 127 cm³/mol. The summed E-state index contributed by atoms with van der Waals surface area (Å²) in [5.41, 5.74) is 11.9. The minimum absolute atomic E-state index is 0.0142. The van der Waals surface area contributed by atoms with Crippen LogP contribution in [0.15, 0.2) is 36.4 Å². The van der Waals surface area contributed by atoms with Gasteiger partial charge in [-0.3, -0.25) is 9.59 Å². The van der Waals surface area contributed by atoms with E-state index in [1.807, 2.05) is 0 Å². The second-order valence-electron chi connectivity index (χ2n) is 7.90. The zero-order valence-electron chi connectivity index (χ0n) is 17.9. The number of nitrogens with two attached hydrogens (primary N) is 2. The highest BCUT2D eigenvalue weighted by Crippen LogP contribution is 2.46. The van der Waals surface area contributed by atoms with Crippen LogP contribution in [0.5, 0.6) is 17.2 Å². The van der Waals surface area contributed by atoms with Gasteiger partial charge in [-0.25, -0.2) is 0 Å². The zero-order chi connectivity index (χ0) is 23.9. The Morgan fingerprint density at radius 3 is 2.03 bits per heavy atom. The van der Waals surface area contributed by atoms with E-state index in [0.29, 0.717) is 17.9 Å². The smallest absolute Gasteiger partial charge is 0.200 e. The van der Waals surface area contributed by atoms with Crippen LogP contribution in [0.4, 0.5) is 11.4 Å². The third kappa shape index (κ3) is 3.74. The van der Waals surface area contributed by atoms with E-state index in [0.717, 1.165) is 19.3 Å². The van der Waals surface area contributed by atoms with Gasteiger partial charge in [0, 0.05) is 16.9 Å². The number of halogens is 1. The molecule has 0 saturated heterocycles. The molecule has 6 N–H and O–H groups in total. The molecule has 0 spiro atoms. The highest BCUT2D eigenvalue weighted by atomic mass is 35.5. The summed E-state index contributed by atoms with van der Waals surface area (Å²) in [4.78, 5) is 26.5. The first-order valence-corrected chi connectivity index (χ1v) is 10.9. The Balaban J connectivity index is 1.77. The molecule has 0 saturated carbocycles. The number of anilines is 2. The number of carbonyl (C=O) groups excluding carboxylic acids is 2. The van der Waals surface area contributed by atoms with E-state index < -0.39 is 23.1 Å². The van der Waals surface area contributed by atoms with E-state index in [1.165, 1.54) is 12.1 Å². The number of phenolic OH excluding ortho intramolecular Hbond substituents is 2. The van der Waals surface area contributed by atoms with Gasteiger partial charge in [0.1, 0.15) is 17.2 Å². The molecule has 7 nitrogen and oxygen atoms in total. The van der Waals surface area contributed by atoms with Crippen LogP contribution in [0, 0.1) is 0 Å². The number of benzene rings is 3. The van der Waals surface area contributed by atoms with Gasteiger partial charge in [0.2, 0.25) is 11.6 Å². The molecule has 0 aliphatic heterocycles. The maximum absolute atomic E-state index is 13.3. The van der Waals surface area contributed by atoms with Crippen molar-refractivity contribution in [2.24, 2.45) is 0 Å². The highest BCUT2D eigenvalue weighted by Gasteiger charge is 2.39. The first kappa shape index (κ1) is 22.5. The molecule has 0 radical (unpaired) electrons. The van der Waals surface area contributed by atoms with E-state index in [2.05, 4.69) is 6.92 Å². The number of phenols is 2. The van der Waals surface area contributed by atoms with E-state index in [1.54, 1.807) is 24.3 Å². The Morgan fingerprint density at radius 1 is 0.848 bits per heavy atom. The summed E-state index contributed by atoms with van der Waals surface area (Å²) in [6.07, 6.45) is 3.15. The van der Waals surface area contributed by atoms with Crippen LogP contribution in [0.25, 0.3) is 11.1 Å². The molecule has 0 amide bonds. The summed E-state index contributed by atoms with van der Waals surface area (Å²) >= 11 is 5.94. The summed E-state index contributed by atoms with van der Waals surface area (Å²) in [5.74, 6) is -1.72. The second kappa shape index (κ2) is 8.67. The van der Waals surface area contributed by atoms with Gasteiger partial charge >= 0.3 is 0 Å². The fraction of sp³-hybridized carbons (Fsp3) is 0.200. The molecule has 0 heterocycles. The van der Waals surface area contributed by atoms with Crippen molar-refractivity contribution in [3.05, 3.63) is 63.7 Å². The van der Waals surface area contributed by atoms with Crippen molar-refractivity contribution in [2.45, 2.75) is 26.2 Å². The van der Waals surface area contributed by atoms with Crippen LogP contribution < -0.4 is 16.2 Å². The SMILES string of the molecule is CCCCCOc1ccc(-c2cc(N)c3c(c2O)C(=O)c2c(N)cc(Cl)c(O)c2C3=O)cc1. The van der Waals surface area contributed by atoms with Crippen LogP contribution in [-0.2, 0) is 0 Å². The molecule has 0 atom stereocenters. The third-order valence-electron chi connectivity index (χ3n) is 5.70. The van der Waals surface area contributed by atoms with E-state index in [4.69, 9.17) is 27.8 Å². The third-order valence-corrected chi connectivity index (χ3v) is 5.99. The molecule has 0 bridgehead atoms. The van der Waals surface area contributed by atoms with Crippen molar-refractivity contribution in [3.8, 4) is 28.4 Å². The maximum Gasteiger partial charge on any atom is 0.200 e. The van der Waals surface area contributed by atoms with Gasteiger partial charge in [0.15, 0.2) is 0 Å². The van der Waals surface area contributed by atoms with Crippen LogP contribution in [0.1, 0.15) is 58.0 Å². The van der Waals surface area contributed by atoms with Gasteiger partial charge in [0.25, 0.3) is 0 Å². The normalized spacial score (nSPS) is 12.4. The largest absolute Gasteiger partial charge is 0.506 e. The number of ketones is 2. The Kier molecular flexibility index (Phi) is 5.91. The zero-order valence-corrected chi connectivity index (χ0v) is 18.7. The quantitative estimate of drug-likeness (QED) is 0.180. The lowest BCUT2D eigenvalue weighted by atomic mass is 9.80. The average molecular weight is 467 g/mol. The fourth-order valence-electron chi connectivity index (χ4n) is 4.03. The summed E-state index contributed by atoms with van der Waals surface area (Å²) in [7, 11) is 0. The number of carbonyl (C=O) groups is 2. The summed E-state index contributed by atoms with van der Waals surface area (Å²) in [6.45, 7) is 2.73. The molecule has 0 unspecified atom stereocenters. The van der Waals surface area contributed by atoms with Gasteiger partial charge < -0.3 is 26.4 Å². The number of fused-ring (bicyclic) bond motifs is 2. The average Bonchev–Trinajstić information content (AvgIpc) is 2.79. The van der Waals surface area contributed by atoms with E-state index in [9.17, 15) is 19.8 Å². The van der Waals surface area contributed by atoms with E-state index in [-0.39, 0.29) is 44.2 Å². The first-order chi connectivity index (χ1) is 15.8. The molecule has 4 rings (SSSR count). The lowest BCUT2D eigenvalue weighted by Crippen LogP contribution is -2.24. The molecule has 170 valence electrons. The lowest BCUT2D eigenvalue weighted by molar-refractivity contribution is 0.0975.